The first-order valence-corrected chi connectivity index (χ1v) is 6.82. The monoisotopic (exact) mass is 315 g/mol. The van der Waals surface area contributed by atoms with E-state index in [1.807, 2.05) is 31.2 Å². The molecule has 2 aromatic rings. The summed E-state index contributed by atoms with van der Waals surface area (Å²) in [5, 5.41) is 15.3. The quantitative estimate of drug-likeness (QED) is 0.502. The number of nitrogens with one attached hydrogen (secondary N) is 1. The molecule has 0 spiro atoms. The van der Waals surface area contributed by atoms with Gasteiger partial charge in [-0.05, 0) is 24.6 Å². The van der Waals surface area contributed by atoms with Gasteiger partial charge in [-0.1, -0.05) is 18.2 Å². The Kier molecular flexibility index (Phi) is 5.14. The molecule has 0 amide bonds. The Balaban J connectivity index is 2.32. The molecule has 0 radical (unpaired) electrons. The second kappa shape index (κ2) is 7.26. The van der Waals surface area contributed by atoms with Crippen LogP contribution in [-0.4, -0.2) is 25.4 Å². The lowest BCUT2D eigenvalue weighted by Crippen LogP contribution is -2.00. The maximum atomic E-state index is 11.2. The first-order valence-electron chi connectivity index (χ1n) is 6.82. The van der Waals surface area contributed by atoms with Gasteiger partial charge in [-0.2, -0.15) is 5.10 Å². The number of ether oxygens (including phenoxy) is 2. The summed E-state index contributed by atoms with van der Waals surface area (Å²) in [6.45, 7) is 1.94. The van der Waals surface area contributed by atoms with E-state index in [4.69, 9.17) is 9.47 Å². The number of nitro benzene ring substituents is 1. The molecule has 0 unspecified atom stereocenters. The van der Waals surface area contributed by atoms with E-state index < -0.39 is 4.92 Å². The summed E-state index contributed by atoms with van der Waals surface area (Å²) in [6.07, 6.45) is 1.38. The third kappa shape index (κ3) is 3.76. The lowest BCUT2D eigenvalue weighted by atomic mass is 10.1. The first kappa shape index (κ1) is 16.3. The molecule has 0 heterocycles. The van der Waals surface area contributed by atoms with Crippen molar-refractivity contribution in [1.29, 1.82) is 0 Å². The van der Waals surface area contributed by atoms with Crippen molar-refractivity contribution in [2.24, 2.45) is 5.10 Å². The summed E-state index contributed by atoms with van der Waals surface area (Å²) in [4.78, 5) is 10.7. The molecule has 23 heavy (non-hydrogen) atoms. The molecule has 2 aromatic carbocycles. The maximum Gasteiger partial charge on any atom is 0.282 e. The Labute approximate surface area is 133 Å². The van der Waals surface area contributed by atoms with Crippen LogP contribution in [0.5, 0.6) is 11.5 Å². The number of nitrogens with zero attached hydrogens (tertiary/aromatic N) is 2. The zero-order chi connectivity index (χ0) is 16.8. The Morgan fingerprint density at radius 3 is 2.43 bits per heavy atom. The van der Waals surface area contributed by atoms with E-state index >= 15 is 0 Å². The molecule has 0 fully saturated rings. The number of hydrogen-bond donors (Lipinski definition) is 1. The third-order valence-corrected chi connectivity index (χ3v) is 3.26. The smallest absolute Gasteiger partial charge is 0.282 e. The van der Waals surface area contributed by atoms with Gasteiger partial charge in [-0.15, -0.1) is 0 Å². The largest absolute Gasteiger partial charge is 0.493 e. The van der Waals surface area contributed by atoms with Crippen molar-refractivity contribution >= 4 is 17.6 Å². The molecule has 7 nitrogen and oxygen atoms in total. The van der Waals surface area contributed by atoms with Crippen LogP contribution in [-0.2, 0) is 0 Å². The molecule has 0 saturated carbocycles. The first-order chi connectivity index (χ1) is 11.1. The van der Waals surface area contributed by atoms with Crippen LogP contribution in [0.3, 0.4) is 0 Å². The average Bonchev–Trinajstić information content (AvgIpc) is 2.55. The Morgan fingerprint density at radius 1 is 1.17 bits per heavy atom. The van der Waals surface area contributed by atoms with E-state index in [2.05, 4.69) is 10.5 Å². The molecule has 1 N–H and O–H groups in total. The van der Waals surface area contributed by atoms with Crippen LogP contribution in [0.1, 0.15) is 11.1 Å². The second-order valence-corrected chi connectivity index (χ2v) is 4.71. The number of hydrazone groups is 1. The molecule has 0 atom stereocenters. The molecule has 0 aliphatic carbocycles. The van der Waals surface area contributed by atoms with Crippen LogP contribution in [0.2, 0.25) is 0 Å². The SMILES string of the molecule is COc1cc(/C=N\Nc2ccccc2C)c([N+](=O)[O-])cc1OC. The van der Waals surface area contributed by atoms with E-state index in [1.54, 1.807) is 0 Å². The molecule has 2 rings (SSSR count). The molecular weight excluding hydrogens is 298 g/mol. The van der Waals surface area contributed by atoms with E-state index in [1.165, 1.54) is 32.6 Å². The van der Waals surface area contributed by atoms with Gasteiger partial charge in [0.15, 0.2) is 11.5 Å². The number of para-hydroxylation sites is 1. The second-order valence-electron chi connectivity index (χ2n) is 4.71. The summed E-state index contributed by atoms with van der Waals surface area (Å²) in [6, 6.07) is 10.4. The molecule has 120 valence electrons. The van der Waals surface area contributed by atoms with Crippen LogP contribution in [0.15, 0.2) is 41.5 Å². The predicted molar refractivity (Wildman–Crippen MR) is 88.6 cm³/mol. The number of nitro groups is 1. The van der Waals surface area contributed by atoms with Crippen LogP contribution in [0.25, 0.3) is 0 Å². The molecule has 0 aliphatic heterocycles. The summed E-state index contributed by atoms with van der Waals surface area (Å²) in [7, 11) is 2.89. The zero-order valence-electron chi connectivity index (χ0n) is 13.1. The van der Waals surface area contributed by atoms with Crippen molar-refractivity contribution in [3.05, 3.63) is 57.6 Å². The highest BCUT2D eigenvalue weighted by Gasteiger charge is 2.18. The minimum absolute atomic E-state index is 0.113. The highest BCUT2D eigenvalue weighted by atomic mass is 16.6. The lowest BCUT2D eigenvalue weighted by Gasteiger charge is -2.08. The maximum absolute atomic E-state index is 11.2. The van der Waals surface area contributed by atoms with Crippen molar-refractivity contribution in [1.82, 2.24) is 0 Å². The van der Waals surface area contributed by atoms with Crippen molar-refractivity contribution in [3.8, 4) is 11.5 Å². The summed E-state index contributed by atoms with van der Waals surface area (Å²) in [5.74, 6) is 0.693. The number of rotatable bonds is 6. The van der Waals surface area contributed by atoms with Gasteiger partial charge in [0.2, 0.25) is 0 Å². The fourth-order valence-corrected chi connectivity index (χ4v) is 2.02. The molecule has 0 aliphatic rings. The molecule has 7 heteroatoms. The van der Waals surface area contributed by atoms with E-state index in [0.29, 0.717) is 17.1 Å². The van der Waals surface area contributed by atoms with Crippen LogP contribution >= 0.6 is 0 Å². The lowest BCUT2D eigenvalue weighted by molar-refractivity contribution is -0.385. The molecule has 0 bridgehead atoms. The van der Waals surface area contributed by atoms with Gasteiger partial charge >= 0.3 is 0 Å². The highest BCUT2D eigenvalue weighted by Crippen LogP contribution is 2.33. The highest BCUT2D eigenvalue weighted by molar-refractivity contribution is 5.87. The zero-order valence-corrected chi connectivity index (χ0v) is 13.1. The number of methoxy groups -OCH3 is 2. The van der Waals surface area contributed by atoms with Gasteiger partial charge in [0, 0.05) is 0 Å². The van der Waals surface area contributed by atoms with Gasteiger partial charge in [0.05, 0.1) is 42.7 Å². The van der Waals surface area contributed by atoms with Gasteiger partial charge in [-0.25, -0.2) is 0 Å². The Hall–Kier alpha value is -3.09. The van der Waals surface area contributed by atoms with Crippen LogP contribution in [0.4, 0.5) is 11.4 Å². The van der Waals surface area contributed by atoms with Crippen molar-refractivity contribution in [2.45, 2.75) is 6.92 Å². The van der Waals surface area contributed by atoms with Crippen LogP contribution < -0.4 is 14.9 Å². The number of aryl methyl sites for hydroxylation is 1. The fourth-order valence-electron chi connectivity index (χ4n) is 2.02. The number of anilines is 1. The summed E-state index contributed by atoms with van der Waals surface area (Å²) in [5.41, 5.74) is 4.91. The normalized spacial score (nSPS) is 10.6. The van der Waals surface area contributed by atoms with Crippen molar-refractivity contribution in [3.63, 3.8) is 0 Å². The van der Waals surface area contributed by atoms with Gasteiger partial charge in [0.1, 0.15) is 0 Å². The Morgan fingerprint density at radius 2 is 1.83 bits per heavy atom. The molecule has 0 saturated heterocycles. The number of hydrogen-bond acceptors (Lipinski definition) is 6. The van der Waals surface area contributed by atoms with Gasteiger partial charge < -0.3 is 9.47 Å². The van der Waals surface area contributed by atoms with E-state index in [9.17, 15) is 10.1 Å². The molecular formula is C16H17N3O4. The van der Waals surface area contributed by atoms with Crippen LogP contribution in [0, 0.1) is 17.0 Å². The topological polar surface area (TPSA) is 86.0 Å². The number of benzene rings is 2. The van der Waals surface area contributed by atoms with Gasteiger partial charge in [-0.3, -0.25) is 15.5 Å². The average molecular weight is 315 g/mol. The predicted octanol–water partition coefficient (Wildman–Crippen LogP) is 3.37. The fraction of sp³-hybridized carbons (Fsp3) is 0.188. The van der Waals surface area contributed by atoms with E-state index in [0.717, 1.165) is 11.3 Å². The third-order valence-electron chi connectivity index (χ3n) is 3.26. The summed E-state index contributed by atoms with van der Waals surface area (Å²) >= 11 is 0. The van der Waals surface area contributed by atoms with Crippen molar-refractivity contribution < 1.29 is 14.4 Å². The van der Waals surface area contributed by atoms with Gasteiger partial charge in [0.25, 0.3) is 5.69 Å². The molecule has 0 aromatic heterocycles. The van der Waals surface area contributed by atoms with E-state index in [-0.39, 0.29) is 5.69 Å². The standard InChI is InChI=1S/C16H17N3O4/c1-11-6-4-5-7-13(11)18-17-10-12-8-15(22-2)16(23-3)9-14(12)19(20)21/h4-10,18H,1-3H3/b17-10-. The Bertz CT molecular complexity index is 744. The summed E-state index contributed by atoms with van der Waals surface area (Å²) < 4.78 is 10.2. The minimum Gasteiger partial charge on any atom is -0.493 e. The minimum atomic E-state index is -0.489. The van der Waals surface area contributed by atoms with Crippen molar-refractivity contribution in [2.75, 3.05) is 19.6 Å².